The Kier molecular flexibility index (Phi) is 5.15. The van der Waals surface area contributed by atoms with E-state index in [9.17, 15) is 13.2 Å². The number of sulfonamides is 1. The molecule has 1 saturated carbocycles. The molecule has 5 nitrogen and oxygen atoms in total. The number of nitrogens with one attached hydrogen (secondary N) is 1. The van der Waals surface area contributed by atoms with Crippen molar-refractivity contribution in [2.45, 2.75) is 56.2 Å². The van der Waals surface area contributed by atoms with E-state index in [1.807, 2.05) is 6.92 Å². The average Bonchev–Trinajstić information content (AvgIpc) is 2.88. The number of aryl methyl sites for hydroxylation is 1. The summed E-state index contributed by atoms with van der Waals surface area (Å²) in [6, 6.07) is 0. The zero-order valence-electron chi connectivity index (χ0n) is 11.6. The summed E-state index contributed by atoms with van der Waals surface area (Å²) in [5.74, 6) is -0.0911. The number of hydrogen-bond donors (Lipinski definition) is 1. The molecule has 0 spiro atoms. The van der Waals surface area contributed by atoms with Crippen molar-refractivity contribution in [2.24, 2.45) is 5.92 Å². The van der Waals surface area contributed by atoms with Crippen LogP contribution in [0.2, 0.25) is 0 Å². The number of carbonyl (C=O) groups excluding carboxylic acids is 1. The Labute approximate surface area is 123 Å². The zero-order chi connectivity index (χ0) is 14.6. The van der Waals surface area contributed by atoms with E-state index in [4.69, 9.17) is 0 Å². The largest absolute Gasteiger partial charge is 0.291 e. The highest BCUT2D eigenvalue weighted by Gasteiger charge is 2.24. The maximum atomic E-state index is 12.0. The lowest BCUT2D eigenvalue weighted by Gasteiger charge is -2.20. The third-order valence-corrected chi connectivity index (χ3v) is 6.25. The molecule has 1 aliphatic carbocycles. The van der Waals surface area contributed by atoms with Gasteiger partial charge in [-0.3, -0.25) is 4.79 Å². The second kappa shape index (κ2) is 6.67. The summed E-state index contributed by atoms with van der Waals surface area (Å²) in [5.41, 5.74) is 0.732. The highest BCUT2D eigenvalue weighted by Crippen LogP contribution is 2.26. The maximum absolute atomic E-state index is 12.0. The van der Waals surface area contributed by atoms with Gasteiger partial charge in [-0.1, -0.05) is 26.2 Å². The van der Waals surface area contributed by atoms with Crippen LogP contribution < -0.4 is 4.72 Å². The van der Waals surface area contributed by atoms with Crippen LogP contribution in [0.25, 0.3) is 0 Å². The fraction of sp³-hybridized carbons (Fsp3) is 0.692. The standard InChI is InChI=1S/C13H20N2O3S2/c1-2-11-9-19-13(14-11)20(17,18)15-12(16)8-10-6-4-3-5-7-10/h9-10H,2-8H2,1H3,(H,15,16). The molecule has 0 aliphatic heterocycles. The molecular formula is C13H20N2O3S2. The number of hydrogen-bond acceptors (Lipinski definition) is 5. The second-order valence-electron chi connectivity index (χ2n) is 5.20. The molecule has 1 aromatic heterocycles. The molecule has 1 heterocycles. The molecule has 0 aromatic carbocycles. The average molecular weight is 316 g/mol. The monoisotopic (exact) mass is 316 g/mol. The number of rotatable bonds is 5. The first-order valence-electron chi connectivity index (χ1n) is 7.01. The van der Waals surface area contributed by atoms with E-state index in [0.29, 0.717) is 18.8 Å². The Balaban J connectivity index is 1.95. The molecule has 0 saturated heterocycles. The zero-order valence-corrected chi connectivity index (χ0v) is 13.2. The van der Waals surface area contributed by atoms with Gasteiger partial charge in [0.2, 0.25) is 10.2 Å². The molecule has 112 valence electrons. The molecule has 0 radical (unpaired) electrons. The fourth-order valence-corrected chi connectivity index (χ4v) is 4.57. The summed E-state index contributed by atoms with van der Waals surface area (Å²) in [5, 5.41) is 1.71. The van der Waals surface area contributed by atoms with Gasteiger partial charge in [0.25, 0.3) is 10.0 Å². The smallest absolute Gasteiger partial charge is 0.274 e. The van der Waals surface area contributed by atoms with Gasteiger partial charge in [-0.25, -0.2) is 9.71 Å². The second-order valence-corrected chi connectivity index (χ2v) is 7.91. The van der Waals surface area contributed by atoms with Gasteiger partial charge in [-0.2, -0.15) is 8.42 Å². The van der Waals surface area contributed by atoms with E-state index in [-0.39, 0.29) is 4.34 Å². The Morgan fingerprint density at radius 2 is 2.10 bits per heavy atom. The van der Waals surface area contributed by atoms with Crippen LogP contribution in [-0.4, -0.2) is 19.3 Å². The Hall–Kier alpha value is -0.950. The maximum Gasteiger partial charge on any atom is 0.291 e. The Bertz CT molecular complexity index is 560. The molecular weight excluding hydrogens is 296 g/mol. The van der Waals surface area contributed by atoms with Gasteiger partial charge < -0.3 is 0 Å². The third kappa shape index (κ3) is 4.02. The van der Waals surface area contributed by atoms with Crippen LogP contribution in [0, 0.1) is 5.92 Å². The van der Waals surface area contributed by atoms with E-state index < -0.39 is 15.9 Å². The van der Waals surface area contributed by atoms with Gasteiger partial charge in [0, 0.05) is 11.8 Å². The molecule has 0 unspecified atom stereocenters. The van der Waals surface area contributed by atoms with Crippen LogP contribution >= 0.6 is 11.3 Å². The SMILES string of the molecule is CCc1csc(S(=O)(=O)NC(=O)CC2CCCCC2)n1. The van der Waals surface area contributed by atoms with E-state index >= 15 is 0 Å². The molecule has 20 heavy (non-hydrogen) atoms. The highest BCUT2D eigenvalue weighted by atomic mass is 32.2. The van der Waals surface area contributed by atoms with Crippen molar-refractivity contribution in [3.63, 3.8) is 0 Å². The summed E-state index contributed by atoms with van der Waals surface area (Å²) >= 11 is 1.06. The van der Waals surface area contributed by atoms with Gasteiger partial charge in [-0.15, -0.1) is 11.3 Å². The number of aromatic nitrogens is 1. The first-order chi connectivity index (χ1) is 9.51. The summed E-state index contributed by atoms with van der Waals surface area (Å²) in [6.45, 7) is 1.91. The fourth-order valence-electron chi connectivity index (χ4n) is 2.46. The molecule has 1 N–H and O–H groups in total. The van der Waals surface area contributed by atoms with Gasteiger partial charge >= 0.3 is 0 Å². The van der Waals surface area contributed by atoms with Crippen LogP contribution in [0.3, 0.4) is 0 Å². The van der Waals surface area contributed by atoms with Crippen LogP contribution in [-0.2, 0) is 21.2 Å². The highest BCUT2D eigenvalue weighted by molar-refractivity contribution is 7.92. The normalized spacial score (nSPS) is 17.1. The van der Waals surface area contributed by atoms with Crippen molar-refractivity contribution in [3.8, 4) is 0 Å². The van der Waals surface area contributed by atoms with Gasteiger partial charge in [0.1, 0.15) is 0 Å². The summed E-state index contributed by atoms with van der Waals surface area (Å²) in [4.78, 5) is 15.9. The first kappa shape index (κ1) is 15.4. The van der Waals surface area contributed by atoms with Gasteiger partial charge in [0.05, 0.1) is 5.69 Å². The predicted molar refractivity (Wildman–Crippen MR) is 78.0 cm³/mol. The predicted octanol–water partition coefficient (Wildman–Crippen LogP) is 2.48. The van der Waals surface area contributed by atoms with Crippen LogP contribution in [0.5, 0.6) is 0 Å². The van der Waals surface area contributed by atoms with Crippen molar-refractivity contribution in [3.05, 3.63) is 11.1 Å². The molecule has 0 atom stereocenters. The molecule has 1 amide bonds. The number of thiazole rings is 1. The summed E-state index contributed by atoms with van der Waals surface area (Å²) < 4.78 is 26.2. The lowest BCUT2D eigenvalue weighted by molar-refractivity contribution is -0.120. The van der Waals surface area contributed by atoms with E-state index in [1.165, 1.54) is 6.42 Å². The van der Waals surface area contributed by atoms with Crippen molar-refractivity contribution >= 4 is 27.3 Å². The van der Waals surface area contributed by atoms with Crippen molar-refractivity contribution in [2.75, 3.05) is 0 Å². The first-order valence-corrected chi connectivity index (χ1v) is 9.37. The van der Waals surface area contributed by atoms with Crippen molar-refractivity contribution in [1.29, 1.82) is 0 Å². The summed E-state index contributed by atoms with van der Waals surface area (Å²) in [7, 11) is -3.79. The Morgan fingerprint density at radius 1 is 1.40 bits per heavy atom. The molecule has 1 aliphatic rings. The van der Waals surface area contributed by atoms with Crippen LogP contribution in [0.1, 0.15) is 51.1 Å². The molecule has 1 fully saturated rings. The summed E-state index contributed by atoms with van der Waals surface area (Å²) in [6.07, 6.45) is 6.51. The van der Waals surface area contributed by atoms with E-state index in [1.54, 1.807) is 5.38 Å². The van der Waals surface area contributed by atoms with E-state index in [0.717, 1.165) is 42.7 Å². The van der Waals surface area contributed by atoms with Gasteiger partial charge in [0.15, 0.2) is 0 Å². The third-order valence-electron chi connectivity index (χ3n) is 3.57. The van der Waals surface area contributed by atoms with Crippen LogP contribution in [0.4, 0.5) is 0 Å². The minimum atomic E-state index is -3.79. The topological polar surface area (TPSA) is 76.1 Å². The minimum absolute atomic E-state index is 0.0219. The molecule has 2 rings (SSSR count). The van der Waals surface area contributed by atoms with Crippen molar-refractivity contribution < 1.29 is 13.2 Å². The molecule has 7 heteroatoms. The molecule has 0 bridgehead atoms. The van der Waals surface area contributed by atoms with Crippen molar-refractivity contribution in [1.82, 2.24) is 9.71 Å². The number of nitrogens with zero attached hydrogens (tertiary/aromatic N) is 1. The van der Waals surface area contributed by atoms with E-state index in [2.05, 4.69) is 9.71 Å². The minimum Gasteiger partial charge on any atom is -0.274 e. The quantitative estimate of drug-likeness (QED) is 0.905. The van der Waals surface area contributed by atoms with Gasteiger partial charge in [-0.05, 0) is 25.2 Å². The lowest BCUT2D eigenvalue weighted by atomic mass is 9.87. The number of amides is 1. The number of carbonyl (C=O) groups is 1. The lowest BCUT2D eigenvalue weighted by Crippen LogP contribution is -2.32. The molecule has 1 aromatic rings. The Morgan fingerprint density at radius 3 is 2.70 bits per heavy atom. The van der Waals surface area contributed by atoms with Crippen LogP contribution in [0.15, 0.2) is 9.72 Å².